The largest absolute Gasteiger partial charge is 0.395 e. The summed E-state index contributed by atoms with van der Waals surface area (Å²) in [6.45, 7) is 0.166. The number of aliphatic hydroxyl groups excluding tert-OH is 1. The van der Waals surface area contributed by atoms with Gasteiger partial charge in [0.1, 0.15) is 12.0 Å². The summed E-state index contributed by atoms with van der Waals surface area (Å²) in [5.41, 5.74) is 0.304. The predicted molar refractivity (Wildman–Crippen MR) is 41.5 cm³/mol. The molecule has 0 aromatic carbocycles. The van der Waals surface area contributed by atoms with Gasteiger partial charge in [-0.2, -0.15) is 0 Å². The van der Waals surface area contributed by atoms with Crippen LogP contribution in [-0.2, 0) is 0 Å². The van der Waals surface area contributed by atoms with Gasteiger partial charge in [-0.15, -0.1) is 0 Å². The zero-order valence-corrected chi connectivity index (χ0v) is 6.40. The van der Waals surface area contributed by atoms with Gasteiger partial charge in [0.15, 0.2) is 0 Å². The molecular formula is C7H9N3O2. The second kappa shape index (κ2) is 4.40. The van der Waals surface area contributed by atoms with Crippen molar-refractivity contribution in [3.05, 3.63) is 24.3 Å². The van der Waals surface area contributed by atoms with Crippen LogP contribution in [0, 0.1) is 0 Å². The van der Waals surface area contributed by atoms with Gasteiger partial charge in [-0.3, -0.25) is 4.79 Å². The molecule has 0 aliphatic rings. The van der Waals surface area contributed by atoms with Crippen LogP contribution in [-0.4, -0.2) is 34.1 Å². The zero-order valence-electron chi connectivity index (χ0n) is 6.40. The normalized spacial score (nSPS) is 9.42. The highest BCUT2D eigenvalue weighted by atomic mass is 16.3. The van der Waals surface area contributed by atoms with Crippen LogP contribution in [0.2, 0.25) is 0 Å². The molecule has 1 rings (SSSR count). The van der Waals surface area contributed by atoms with Gasteiger partial charge in [-0.05, 0) is 6.07 Å². The number of nitrogens with one attached hydrogen (secondary N) is 1. The fourth-order valence-corrected chi connectivity index (χ4v) is 0.685. The molecule has 0 fully saturated rings. The first-order valence-corrected chi connectivity index (χ1v) is 3.49. The van der Waals surface area contributed by atoms with Gasteiger partial charge in [-0.1, -0.05) is 0 Å². The lowest BCUT2D eigenvalue weighted by Crippen LogP contribution is -2.27. The van der Waals surface area contributed by atoms with E-state index in [1.165, 1.54) is 18.6 Å². The monoisotopic (exact) mass is 167 g/mol. The van der Waals surface area contributed by atoms with Gasteiger partial charge in [0.05, 0.1) is 6.61 Å². The second-order valence-electron chi connectivity index (χ2n) is 2.07. The Balaban J connectivity index is 2.54. The van der Waals surface area contributed by atoms with Crippen LogP contribution < -0.4 is 5.32 Å². The summed E-state index contributed by atoms with van der Waals surface area (Å²) in [6, 6.07) is 1.51. The smallest absolute Gasteiger partial charge is 0.270 e. The highest BCUT2D eigenvalue weighted by Crippen LogP contribution is 1.89. The third kappa shape index (κ3) is 2.28. The zero-order chi connectivity index (χ0) is 8.81. The van der Waals surface area contributed by atoms with E-state index in [1.807, 2.05) is 0 Å². The standard InChI is InChI=1S/C7H9N3O2/c11-4-3-9-7(12)6-1-2-8-5-10-6/h1-2,5,11H,3-4H2,(H,9,12). The van der Waals surface area contributed by atoms with Crippen molar-refractivity contribution in [3.8, 4) is 0 Å². The number of amides is 1. The van der Waals surface area contributed by atoms with Gasteiger partial charge < -0.3 is 10.4 Å². The number of hydrogen-bond donors (Lipinski definition) is 2. The van der Waals surface area contributed by atoms with E-state index in [0.717, 1.165) is 0 Å². The number of carbonyl (C=O) groups excluding carboxylic acids is 1. The van der Waals surface area contributed by atoms with E-state index < -0.39 is 0 Å². The van der Waals surface area contributed by atoms with Crippen LogP contribution >= 0.6 is 0 Å². The summed E-state index contributed by atoms with van der Waals surface area (Å²) in [5, 5.41) is 10.9. The molecule has 0 spiro atoms. The van der Waals surface area contributed by atoms with Gasteiger partial charge in [0.25, 0.3) is 5.91 Å². The minimum absolute atomic E-state index is 0.0726. The fraction of sp³-hybridized carbons (Fsp3) is 0.286. The van der Waals surface area contributed by atoms with Crippen LogP contribution in [0.4, 0.5) is 0 Å². The van der Waals surface area contributed by atoms with Gasteiger partial charge in [0, 0.05) is 12.7 Å². The third-order valence-electron chi connectivity index (χ3n) is 1.21. The van der Waals surface area contributed by atoms with Crippen molar-refractivity contribution in [3.63, 3.8) is 0 Å². The van der Waals surface area contributed by atoms with Crippen molar-refractivity contribution in [2.24, 2.45) is 0 Å². The lowest BCUT2D eigenvalue weighted by molar-refractivity contribution is 0.0939. The molecule has 0 aliphatic carbocycles. The van der Waals surface area contributed by atoms with E-state index >= 15 is 0 Å². The quantitative estimate of drug-likeness (QED) is 0.618. The summed E-state index contributed by atoms with van der Waals surface area (Å²) >= 11 is 0. The summed E-state index contributed by atoms with van der Waals surface area (Å²) in [7, 11) is 0. The van der Waals surface area contributed by atoms with Crippen molar-refractivity contribution in [1.29, 1.82) is 0 Å². The Bertz CT molecular complexity index is 250. The molecule has 0 radical (unpaired) electrons. The predicted octanol–water partition coefficient (Wildman–Crippen LogP) is -0.801. The molecule has 0 aliphatic heterocycles. The molecule has 1 aromatic rings. The van der Waals surface area contributed by atoms with Crippen molar-refractivity contribution >= 4 is 5.91 Å². The Morgan fingerprint density at radius 3 is 3.08 bits per heavy atom. The van der Waals surface area contributed by atoms with Crippen molar-refractivity contribution in [2.45, 2.75) is 0 Å². The van der Waals surface area contributed by atoms with E-state index in [2.05, 4.69) is 15.3 Å². The summed E-state index contributed by atoms with van der Waals surface area (Å²) < 4.78 is 0. The maximum atomic E-state index is 11.1. The van der Waals surface area contributed by atoms with E-state index in [9.17, 15) is 4.79 Å². The number of carbonyl (C=O) groups is 1. The molecule has 0 bridgehead atoms. The van der Waals surface area contributed by atoms with E-state index in [4.69, 9.17) is 5.11 Å². The van der Waals surface area contributed by atoms with E-state index in [0.29, 0.717) is 5.69 Å². The van der Waals surface area contributed by atoms with Crippen LogP contribution in [0.25, 0.3) is 0 Å². The van der Waals surface area contributed by atoms with Crippen LogP contribution in [0.1, 0.15) is 10.5 Å². The van der Waals surface area contributed by atoms with Crippen LogP contribution in [0.15, 0.2) is 18.6 Å². The van der Waals surface area contributed by atoms with Gasteiger partial charge in [0.2, 0.25) is 0 Å². The minimum Gasteiger partial charge on any atom is -0.395 e. The molecule has 0 saturated heterocycles. The first kappa shape index (κ1) is 8.61. The number of hydrogen-bond acceptors (Lipinski definition) is 4. The third-order valence-corrected chi connectivity index (χ3v) is 1.21. The second-order valence-corrected chi connectivity index (χ2v) is 2.07. The maximum Gasteiger partial charge on any atom is 0.270 e. The van der Waals surface area contributed by atoms with Gasteiger partial charge >= 0.3 is 0 Å². The van der Waals surface area contributed by atoms with E-state index in [-0.39, 0.29) is 19.1 Å². The first-order valence-electron chi connectivity index (χ1n) is 3.49. The topological polar surface area (TPSA) is 75.1 Å². The van der Waals surface area contributed by atoms with Crippen LogP contribution in [0.3, 0.4) is 0 Å². The highest BCUT2D eigenvalue weighted by Gasteiger charge is 2.03. The van der Waals surface area contributed by atoms with E-state index in [1.54, 1.807) is 0 Å². The lowest BCUT2D eigenvalue weighted by Gasteiger charge is -2.00. The molecular weight excluding hydrogens is 158 g/mol. The average molecular weight is 167 g/mol. The van der Waals surface area contributed by atoms with Crippen LogP contribution in [0.5, 0.6) is 0 Å². The Morgan fingerprint density at radius 2 is 2.50 bits per heavy atom. The lowest BCUT2D eigenvalue weighted by atomic mass is 10.4. The molecule has 5 heteroatoms. The molecule has 0 unspecified atom stereocenters. The molecule has 1 aromatic heterocycles. The minimum atomic E-state index is -0.300. The number of rotatable bonds is 3. The highest BCUT2D eigenvalue weighted by molar-refractivity contribution is 5.91. The Morgan fingerprint density at radius 1 is 1.67 bits per heavy atom. The van der Waals surface area contributed by atoms with Gasteiger partial charge in [-0.25, -0.2) is 9.97 Å². The van der Waals surface area contributed by atoms with Crippen molar-refractivity contribution in [1.82, 2.24) is 15.3 Å². The molecule has 64 valence electrons. The Kier molecular flexibility index (Phi) is 3.16. The molecule has 2 N–H and O–H groups in total. The maximum absolute atomic E-state index is 11.1. The molecule has 0 atom stereocenters. The molecule has 5 nitrogen and oxygen atoms in total. The number of aromatic nitrogens is 2. The van der Waals surface area contributed by atoms with Crippen molar-refractivity contribution in [2.75, 3.05) is 13.2 Å². The Labute approximate surface area is 69.5 Å². The average Bonchev–Trinajstić information content (AvgIpc) is 2.15. The Hall–Kier alpha value is -1.49. The molecule has 1 heterocycles. The van der Waals surface area contributed by atoms with Crippen molar-refractivity contribution < 1.29 is 9.90 Å². The summed E-state index contributed by atoms with van der Waals surface area (Å²) in [6.07, 6.45) is 2.79. The fourth-order valence-electron chi connectivity index (χ4n) is 0.685. The summed E-state index contributed by atoms with van der Waals surface area (Å²) in [5.74, 6) is -0.300. The summed E-state index contributed by atoms with van der Waals surface area (Å²) in [4.78, 5) is 18.5. The molecule has 0 saturated carbocycles. The molecule has 1 amide bonds. The SMILES string of the molecule is O=C(NCCO)c1ccncn1. The number of aliphatic hydroxyl groups is 1. The molecule has 12 heavy (non-hydrogen) atoms. The number of nitrogens with zero attached hydrogens (tertiary/aromatic N) is 2. The first-order chi connectivity index (χ1) is 5.84.